The Hall–Kier alpha value is -1.96. The molecule has 0 saturated carbocycles. The highest BCUT2D eigenvalue weighted by atomic mass is 35.5. The number of nitrogens with zero attached hydrogens (tertiary/aromatic N) is 2. The van der Waals surface area contributed by atoms with Crippen molar-refractivity contribution < 1.29 is 14.6 Å². The van der Waals surface area contributed by atoms with Crippen LogP contribution in [0.2, 0.25) is 10.2 Å². The molecule has 1 aromatic heterocycles. The molecule has 0 amide bonds. The molecule has 0 spiro atoms. The molecule has 0 fully saturated rings. The molecule has 1 atom stereocenters. The number of nitrogens with one attached hydrogen (secondary N) is 1. The van der Waals surface area contributed by atoms with Crippen LogP contribution < -0.4 is 14.8 Å². The van der Waals surface area contributed by atoms with Crippen molar-refractivity contribution in [2.45, 2.75) is 33.0 Å². The van der Waals surface area contributed by atoms with E-state index >= 15 is 0 Å². The summed E-state index contributed by atoms with van der Waals surface area (Å²) in [6, 6.07) is 13.5. The average molecular weight is 501 g/mol. The van der Waals surface area contributed by atoms with Crippen molar-refractivity contribution >= 4 is 35.6 Å². The van der Waals surface area contributed by atoms with Crippen molar-refractivity contribution in [3.8, 4) is 11.5 Å². The van der Waals surface area contributed by atoms with Gasteiger partial charge >= 0.3 is 0 Å². The first-order valence-corrected chi connectivity index (χ1v) is 10.8. The standard InChI is InChI=1S/C23H27Cl2N3O3.ClH/c1-15(18-6-9-21(31-11-10-29)22(12-18)30-3)26-13-20-16(2)27-28(23(20)25)14-17-4-7-19(24)8-5-17;/h4-9,12,15,26,29H,10-11,13-14H2,1-3H3;1H. The lowest BCUT2D eigenvalue weighted by molar-refractivity contribution is 0.196. The summed E-state index contributed by atoms with van der Waals surface area (Å²) in [4.78, 5) is 0. The summed E-state index contributed by atoms with van der Waals surface area (Å²) >= 11 is 12.6. The Kier molecular flexibility index (Phi) is 10.1. The van der Waals surface area contributed by atoms with Crippen LogP contribution >= 0.6 is 35.6 Å². The number of benzene rings is 2. The van der Waals surface area contributed by atoms with Crippen LogP contribution in [-0.4, -0.2) is 35.2 Å². The highest BCUT2D eigenvalue weighted by Gasteiger charge is 2.16. The number of aromatic nitrogens is 2. The number of aryl methyl sites for hydroxylation is 1. The van der Waals surface area contributed by atoms with E-state index in [4.69, 9.17) is 37.8 Å². The molecule has 6 nitrogen and oxygen atoms in total. The molecule has 2 N–H and O–H groups in total. The molecule has 0 radical (unpaired) electrons. The van der Waals surface area contributed by atoms with Crippen molar-refractivity contribution in [1.29, 1.82) is 0 Å². The van der Waals surface area contributed by atoms with Crippen molar-refractivity contribution in [3.05, 3.63) is 75.0 Å². The quantitative estimate of drug-likeness (QED) is 0.400. The number of aliphatic hydroxyl groups excluding tert-OH is 1. The summed E-state index contributed by atoms with van der Waals surface area (Å²) in [6.07, 6.45) is 0. The highest BCUT2D eigenvalue weighted by Crippen LogP contribution is 2.31. The second-order valence-corrected chi connectivity index (χ2v) is 8.02. The molecule has 3 aromatic rings. The molecule has 0 aliphatic carbocycles. The normalized spacial score (nSPS) is 11.7. The zero-order valence-corrected chi connectivity index (χ0v) is 20.6. The number of rotatable bonds is 10. The summed E-state index contributed by atoms with van der Waals surface area (Å²) in [5.74, 6) is 1.24. The van der Waals surface area contributed by atoms with E-state index in [1.165, 1.54) is 0 Å². The van der Waals surface area contributed by atoms with Gasteiger partial charge in [0.2, 0.25) is 0 Å². The first kappa shape index (κ1) is 26.3. The SMILES string of the molecule is COc1cc(C(C)NCc2c(C)nn(Cc3ccc(Cl)cc3)c2Cl)ccc1OCCO.Cl. The fourth-order valence-corrected chi connectivity index (χ4v) is 3.69. The molecular formula is C23H28Cl3N3O3. The van der Waals surface area contributed by atoms with E-state index < -0.39 is 0 Å². The Morgan fingerprint density at radius 1 is 1.12 bits per heavy atom. The Labute approximate surface area is 204 Å². The smallest absolute Gasteiger partial charge is 0.161 e. The number of aliphatic hydroxyl groups is 1. The van der Waals surface area contributed by atoms with Gasteiger partial charge in [-0.2, -0.15) is 5.10 Å². The van der Waals surface area contributed by atoms with Crippen LogP contribution in [0.25, 0.3) is 0 Å². The summed E-state index contributed by atoms with van der Waals surface area (Å²) in [5.41, 5.74) is 3.99. The van der Waals surface area contributed by atoms with Gasteiger partial charge in [-0.1, -0.05) is 41.4 Å². The Balaban J connectivity index is 0.00000363. The van der Waals surface area contributed by atoms with Crippen LogP contribution in [0.5, 0.6) is 11.5 Å². The van der Waals surface area contributed by atoms with E-state index in [9.17, 15) is 0 Å². The minimum absolute atomic E-state index is 0. The number of hydrogen-bond donors (Lipinski definition) is 2. The molecule has 2 aromatic carbocycles. The van der Waals surface area contributed by atoms with E-state index in [-0.39, 0.29) is 31.7 Å². The van der Waals surface area contributed by atoms with Gasteiger partial charge < -0.3 is 19.9 Å². The Morgan fingerprint density at radius 2 is 1.84 bits per heavy atom. The molecule has 0 aliphatic heterocycles. The monoisotopic (exact) mass is 499 g/mol. The molecular weight excluding hydrogens is 473 g/mol. The van der Waals surface area contributed by atoms with E-state index in [0.717, 1.165) is 22.4 Å². The van der Waals surface area contributed by atoms with Gasteiger partial charge in [-0.15, -0.1) is 12.4 Å². The second-order valence-electron chi connectivity index (χ2n) is 7.22. The van der Waals surface area contributed by atoms with Gasteiger partial charge in [-0.3, -0.25) is 0 Å². The first-order chi connectivity index (χ1) is 14.9. The maximum atomic E-state index is 8.95. The van der Waals surface area contributed by atoms with Gasteiger partial charge in [0.25, 0.3) is 0 Å². The first-order valence-electron chi connectivity index (χ1n) is 10.0. The van der Waals surface area contributed by atoms with Crippen molar-refractivity contribution in [2.75, 3.05) is 20.3 Å². The average Bonchev–Trinajstić information content (AvgIpc) is 3.04. The molecule has 1 heterocycles. The van der Waals surface area contributed by atoms with E-state index in [1.807, 2.05) is 49.4 Å². The third-order valence-corrected chi connectivity index (χ3v) is 5.73. The van der Waals surface area contributed by atoms with Crippen molar-refractivity contribution in [2.24, 2.45) is 0 Å². The summed E-state index contributed by atoms with van der Waals surface area (Å²) in [6.45, 7) is 5.37. The topological polar surface area (TPSA) is 68.5 Å². The van der Waals surface area contributed by atoms with E-state index in [2.05, 4.69) is 17.3 Å². The zero-order chi connectivity index (χ0) is 22.4. The molecule has 1 unspecified atom stereocenters. The Bertz CT molecular complexity index is 1010. The minimum atomic E-state index is -0.0469. The highest BCUT2D eigenvalue weighted by molar-refractivity contribution is 6.30. The minimum Gasteiger partial charge on any atom is -0.493 e. The largest absolute Gasteiger partial charge is 0.493 e. The van der Waals surface area contributed by atoms with Gasteiger partial charge in [0.05, 0.1) is 26.0 Å². The van der Waals surface area contributed by atoms with Crippen LogP contribution in [0.1, 0.15) is 35.3 Å². The Morgan fingerprint density at radius 3 is 2.50 bits per heavy atom. The fraction of sp³-hybridized carbons (Fsp3) is 0.348. The molecule has 0 bridgehead atoms. The summed E-state index contributed by atoms with van der Waals surface area (Å²) in [7, 11) is 1.60. The fourth-order valence-electron chi connectivity index (χ4n) is 3.26. The number of ether oxygens (including phenoxy) is 2. The number of methoxy groups -OCH3 is 1. The maximum Gasteiger partial charge on any atom is 0.161 e. The van der Waals surface area contributed by atoms with Gasteiger partial charge in [0, 0.05) is 23.2 Å². The van der Waals surface area contributed by atoms with Crippen molar-refractivity contribution in [1.82, 2.24) is 15.1 Å². The van der Waals surface area contributed by atoms with Crippen LogP contribution in [-0.2, 0) is 13.1 Å². The van der Waals surface area contributed by atoms with Gasteiger partial charge in [0.1, 0.15) is 11.8 Å². The van der Waals surface area contributed by atoms with Crippen LogP contribution in [0.4, 0.5) is 0 Å². The number of halogens is 3. The predicted molar refractivity (Wildman–Crippen MR) is 131 cm³/mol. The van der Waals surface area contributed by atoms with Crippen LogP contribution in [0, 0.1) is 6.92 Å². The second kappa shape index (κ2) is 12.3. The molecule has 32 heavy (non-hydrogen) atoms. The lowest BCUT2D eigenvalue weighted by atomic mass is 10.1. The molecule has 0 aliphatic rings. The lowest BCUT2D eigenvalue weighted by Crippen LogP contribution is -2.18. The predicted octanol–water partition coefficient (Wildman–Crippen LogP) is 5.20. The molecule has 9 heteroatoms. The van der Waals surface area contributed by atoms with E-state index in [1.54, 1.807) is 11.8 Å². The number of hydrogen-bond acceptors (Lipinski definition) is 5. The molecule has 3 rings (SSSR count). The van der Waals surface area contributed by atoms with Gasteiger partial charge in [0.15, 0.2) is 11.5 Å². The lowest BCUT2D eigenvalue weighted by Gasteiger charge is -2.17. The zero-order valence-electron chi connectivity index (χ0n) is 18.3. The third-order valence-electron chi connectivity index (χ3n) is 5.05. The van der Waals surface area contributed by atoms with Crippen LogP contribution in [0.3, 0.4) is 0 Å². The third kappa shape index (κ3) is 6.53. The van der Waals surface area contributed by atoms with Gasteiger partial charge in [-0.25, -0.2) is 4.68 Å². The maximum absolute atomic E-state index is 8.95. The summed E-state index contributed by atoms with van der Waals surface area (Å²) in [5, 5.41) is 18.4. The summed E-state index contributed by atoms with van der Waals surface area (Å²) < 4.78 is 12.7. The van der Waals surface area contributed by atoms with Crippen molar-refractivity contribution in [3.63, 3.8) is 0 Å². The molecule has 0 saturated heterocycles. The molecule has 174 valence electrons. The van der Waals surface area contributed by atoms with Gasteiger partial charge in [-0.05, 0) is 49.2 Å². The van der Waals surface area contributed by atoms with Crippen LogP contribution in [0.15, 0.2) is 42.5 Å². The van der Waals surface area contributed by atoms with E-state index in [0.29, 0.717) is 34.8 Å².